The summed E-state index contributed by atoms with van der Waals surface area (Å²) in [7, 11) is 0. The van der Waals surface area contributed by atoms with Crippen molar-refractivity contribution in [1.29, 1.82) is 0 Å². The lowest BCUT2D eigenvalue weighted by molar-refractivity contribution is -0.138. The molecule has 2 aromatic carbocycles. The molecule has 0 heterocycles. The molecule has 0 aromatic heterocycles. The topological polar surface area (TPSA) is 37.3 Å². The molecule has 0 aliphatic heterocycles. The predicted molar refractivity (Wildman–Crippen MR) is 82.2 cm³/mol. The number of allylic oxidation sites excluding steroid dienone is 1. The van der Waals surface area contributed by atoms with E-state index in [4.69, 9.17) is 0 Å². The first kappa shape index (κ1) is 14.4. The Kier molecular flexibility index (Phi) is 5.02. The summed E-state index contributed by atoms with van der Waals surface area (Å²) in [6.45, 7) is 3.65. The molecule has 2 aromatic rings. The monoisotopic (exact) mass is 284 g/mol. The lowest BCUT2D eigenvalue weighted by atomic mass is 9.96. The van der Waals surface area contributed by atoms with Crippen molar-refractivity contribution in [2.45, 2.75) is 22.1 Å². The van der Waals surface area contributed by atoms with E-state index in [0.717, 1.165) is 15.4 Å². The first-order chi connectivity index (χ1) is 9.72. The fraction of sp³-hybridized carbons (Fsp3) is 0.118. The number of hydrogen-bond acceptors (Lipinski definition) is 2. The van der Waals surface area contributed by atoms with Gasteiger partial charge in [-0.1, -0.05) is 54.2 Å². The SMILES string of the molecule is C=CCC(C(=O)O)c1ccccc1Sc1ccccc1. The molecule has 1 unspecified atom stereocenters. The number of aliphatic carboxylic acids is 1. The third-order valence-electron chi connectivity index (χ3n) is 2.97. The van der Waals surface area contributed by atoms with Crippen LogP contribution in [-0.2, 0) is 4.79 Å². The number of carboxylic acids is 1. The molecule has 3 heteroatoms. The quantitative estimate of drug-likeness (QED) is 0.789. The summed E-state index contributed by atoms with van der Waals surface area (Å²) in [6.07, 6.45) is 2.09. The van der Waals surface area contributed by atoms with Crippen LogP contribution < -0.4 is 0 Å². The van der Waals surface area contributed by atoms with Crippen LogP contribution in [-0.4, -0.2) is 11.1 Å². The second kappa shape index (κ2) is 6.96. The van der Waals surface area contributed by atoms with Crippen LogP contribution in [0.15, 0.2) is 77.0 Å². The highest BCUT2D eigenvalue weighted by molar-refractivity contribution is 7.99. The van der Waals surface area contributed by atoms with Gasteiger partial charge < -0.3 is 5.11 Å². The standard InChI is InChI=1S/C17H16O2S/c1-2-8-15(17(18)19)14-11-6-7-12-16(14)20-13-9-4-3-5-10-13/h2-7,9-12,15H,1,8H2,(H,18,19). The molecular formula is C17H16O2S. The van der Waals surface area contributed by atoms with Gasteiger partial charge in [0.05, 0.1) is 5.92 Å². The second-order valence-corrected chi connectivity index (χ2v) is 5.48. The Morgan fingerprint density at radius 2 is 1.80 bits per heavy atom. The molecule has 0 saturated carbocycles. The zero-order valence-corrected chi connectivity index (χ0v) is 11.8. The first-order valence-electron chi connectivity index (χ1n) is 6.38. The number of benzene rings is 2. The zero-order chi connectivity index (χ0) is 14.4. The Hall–Kier alpha value is -2.00. The Balaban J connectivity index is 2.34. The van der Waals surface area contributed by atoms with Gasteiger partial charge in [-0.3, -0.25) is 4.79 Å². The summed E-state index contributed by atoms with van der Waals surface area (Å²) in [5, 5.41) is 9.39. The van der Waals surface area contributed by atoms with Crippen molar-refractivity contribution in [2.75, 3.05) is 0 Å². The molecule has 0 aliphatic carbocycles. The summed E-state index contributed by atoms with van der Waals surface area (Å²) in [4.78, 5) is 13.5. The van der Waals surface area contributed by atoms with Crippen molar-refractivity contribution in [3.8, 4) is 0 Å². The van der Waals surface area contributed by atoms with Gasteiger partial charge in [0.15, 0.2) is 0 Å². The molecule has 0 aliphatic rings. The van der Waals surface area contributed by atoms with Gasteiger partial charge in [-0.05, 0) is 30.2 Å². The molecular weight excluding hydrogens is 268 g/mol. The smallest absolute Gasteiger partial charge is 0.311 e. The Morgan fingerprint density at radius 1 is 1.15 bits per heavy atom. The van der Waals surface area contributed by atoms with E-state index in [9.17, 15) is 9.90 Å². The molecule has 0 amide bonds. The van der Waals surface area contributed by atoms with Crippen LogP contribution in [0.1, 0.15) is 17.9 Å². The molecule has 2 nitrogen and oxygen atoms in total. The molecule has 2 rings (SSSR count). The van der Waals surface area contributed by atoms with E-state index in [-0.39, 0.29) is 0 Å². The minimum absolute atomic E-state index is 0.432. The van der Waals surface area contributed by atoms with Crippen LogP contribution in [0.2, 0.25) is 0 Å². The maximum atomic E-state index is 11.4. The van der Waals surface area contributed by atoms with E-state index in [0.29, 0.717) is 6.42 Å². The van der Waals surface area contributed by atoms with E-state index < -0.39 is 11.9 Å². The van der Waals surface area contributed by atoms with Gasteiger partial charge in [0.1, 0.15) is 0 Å². The second-order valence-electron chi connectivity index (χ2n) is 4.37. The van der Waals surface area contributed by atoms with E-state index >= 15 is 0 Å². The van der Waals surface area contributed by atoms with Gasteiger partial charge in [0.25, 0.3) is 0 Å². The van der Waals surface area contributed by atoms with Crippen molar-refractivity contribution in [3.63, 3.8) is 0 Å². The minimum atomic E-state index is -0.814. The van der Waals surface area contributed by atoms with E-state index in [1.54, 1.807) is 17.8 Å². The number of hydrogen-bond donors (Lipinski definition) is 1. The number of carboxylic acid groups (broad SMARTS) is 1. The van der Waals surface area contributed by atoms with Crippen molar-refractivity contribution in [2.24, 2.45) is 0 Å². The van der Waals surface area contributed by atoms with Gasteiger partial charge in [-0.2, -0.15) is 0 Å². The van der Waals surface area contributed by atoms with Gasteiger partial charge in [-0.15, -0.1) is 6.58 Å². The van der Waals surface area contributed by atoms with Crippen LogP contribution in [0.25, 0.3) is 0 Å². The Morgan fingerprint density at radius 3 is 2.45 bits per heavy atom. The van der Waals surface area contributed by atoms with Crippen LogP contribution in [0.5, 0.6) is 0 Å². The molecule has 1 N–H and O–H groups in total. The van der Waals surface area contributed by atoms with Gasteiger partial charge >= 0.3 is 5.97 Å². The predicted octanol–water partition coefficient (Wildman–Crippen LogP) is 4.58. The zero-order valence-electron chi connectivity index (χ0n) is 11.0. The van der Waals surface area contributed by atoms with Gasteiger partial charge in [-0.25, -0.2) is 0 Å². The average Bonchev–Trinajstić information content (AvgIpc) is 2.46. The average molecular weight is 284 g/mol. The van der Waals surface area contributed by atoms with Crippen LogP contribution in [0, 0.1) is 0 Å². The molecule has 0 saturated heterocycles. The highest BCUT2D eigenvalue weighted by Crippen LogP contribution is 2.35. The summed E-state index contributed by atoms with van der Waals surface area (Å²) in [5.74, 6) is -1.36. The normalized spacial score (nSPS) is 11.8. The van der Waals surface area contributed by atoms with Crippen molar-refractivity contribution >= 4 is 17.7 Å². The van der Waals surface area contributed by atoms with Gasteiger partial charge in [0.2, 0.25) is 0 Å². The molecule has 0 radical (unpaired) electrons. The molecule has 102 valence electrons. The lowest BCUT2D eigenvalue weighted by Gasteiger charge is -2.15. The summed E-state index contributed by atoms with van der Waals surface area (Å²) >= 11 is 1.59. The minimum Gasteiger partial charge on any atom is -0.481 e. The van der Waals surface area contributed by atoms with Crippen LogP contribution >= 0.6 is 11.8 Å². The third-order valence-corrected chi connectivity index (χ3v) is 4.07. The summed E-state index contributed by atoms with van der Waals surface area (Å²) in [5.41, 5.74) is 0.841. The summed E-state index contributed by atoms with van der Waals surface area (Å²) < 4.78 is 0. The molecule has 0 fully saturated rings. The maximum absolute atomic E-state index is 11.4. The van der Waals surface area contributed by atoms with E-state index in [1.165, 1.54) is 0 Å². The van der Waals surface area contributed by atoms with Gasteiger partial charge in [0, 0.05) is 9.79 Å². The third kappa shape index (κ3) is 3.52. The van der Waals surface area contributed by atoms with E-state index in [1.807, 2.05) is 54.6 Å². The Labute approximate surface area is 123 Å². The van der Waals surface area contributed by atoms with Crippen LogP contribution in [0.4, 0.5) is 0 Å². The number of rotatable bonds is 6. The lowest BCUT2D eigenvalue weighted by Crippen LogP contribution is -2.11. The van der Waals surface area contributed by atoms with Crippen molar-refractivity contribution in [1.82, 2.24) is 0 Å². The van der Waals surface area contributed by atoms with Crippen LogP contribution in [0.3, 0.4) is 0 Å². The Bertz CT molecular complexity index is 593. The summed E-state index contributed by atoms with van der Waals surface area (Å²) in [6, 6.07) is 17.6. The fourth-order valence-corrected chi connectivity index (χ4v) is 3.03. The molecule has 0 spiro atoms. The maximum Gasteiger partial charge on any atom is 0.311 e. The van der Waals surface area contributed by atoms with Crippen molar-refractivity contribution < 1.29 is 9.90 Å². The van der Waals surface area contributed by atoms with E-state index in [2.05, 4.69) is 6.58 Å². The molecule has 1 atom stereocenters. The molecule has 20 heavy (non-hydrogen) atoms. The largest absolute Gasteiger partial charge is 0.481 e. The highest BCUT2D eigenvalue weighted by Gasteiger charge is 2.21. The number of carbonyl (C=O) groups is 1. The highest BCUT2D eigenvalue weighted by atomic mass is 32.2. The fourth-order valence-electron chi connectivity index (χ4n) is 2.00. The first-order valence-corrected chi connectivity index (χ1v) is 7.19. The van der Waals surface area contributed by atoms with Crippen molar-refractivity contribution in [3.05, 3.63) is 72.8 Å². The molecule has 0 bridgehead atoms.